The van der Waals surface area contributed by atoms with Gasteiger partial charge in [-0.15, -0.1) is 0 Å². The van der Waals surface area contributed by atoms with Crippen LogP contribution in [0.15, 0.2) is 47.7 Å². The second-order valence-electron chi connectivity index (χ2n) is 5.76. The van der Waals surface area contributed by atoms with Crippen LogP contribution < -0.4 is 0 Å². The van der Waals surface area contributed by atoms with E-state index in [9.17, 15) is 14.7 Å². The van der Waals surface area contributed by atoms with Crippen molar-refractivity contribution >= 4 is 11.9 Å². The molecule has 3 aliphatic rings. The van der Waals surface area contributed by atoms with E-state index >= 15 is 0 Å². The van der Waals surface area contributed by atoms with Crippen molar-refractivity contribution in [1.29, 1.82) is 0 Å². The van der Waals surface area contributed by atoms with E-state index in [0.717, 1.165) is 11.1 Å². The first-order chi connectivity index (χ1) is 11.1. The van der Waals surface area contributed by atoms with E-state index < -0.39 is 36.4 Å². The SMILES string of the molecule is CC1=CC(O/C=C2\C(=O)O[C@H]3c4ccccc4[C@H](O)[C@@H]23)OC1=O. The van der Waals surface area contributed by atoms with Gasteiger partial charge in [0.2, 0.25) is 0 Å². The van der Waals surface area contributed by atoms with Crippen LogP contribution in [0, 0.1) is 5.92 Å². The van der Waals surface area contributed by atoms with Gasteiger partial charge < -0.3 is 19.3 Å². The summed E-state index contributed by atoms with van der Waals surface area (Å²) in [4.78, 5) is 23.4. The van der Waals surface area contributed by atoms with Gasteiger partial charge in [-0.1, -0.05) is 24.3 Å². The maximum absolute atomic E-state index is 12.1. The average Bonchev–Trinajstić information content (AvgIpc) is 3.12. The third-order valence-corrected chi connectivity index (χ3v) is 4.38. The first kappa shape index (κ1) is 14.0. The van der Waals surface area contributed by atoms with E-state index in [1.165, 1.54) is 12.3 Å². The molecule has 6 nitrogen and oxygen atoms in total. The molecule has 23 heavy (non-hydrogen) atoms. The summed E-state index contributed by atoms with van der Waals surface area (Å²) in [5.41, 5.74) is 2.26. The fraction of sp³-hybridized carbons (Fsp3) is 0.294. The second-order valence-corrected chi connectivity index (χ2v) is 5.76. The van der Waals surface area contributed by atoms with Gasteiger partial charge in [0, 0.05) is 11.6 Å². The number of carbonyl (C=O) groups is 2. The van der Waals surface area contributed by atoms with Crippen LogP contribution in [0.1, 0.15) is 30.3 Å². The van der Waals surface area contributed by atoms with Crippen LogP contribution in [0.5, 0.6) is 0 Å². The number of fused-ring (bicyclic) bond motifs is 3. The van der Waals surface area contributed by atoms with E-state index in [4.69, 9.17) is 14.2 Å². The van der Waals surface area contributed by atoms with Crippen LogP contribution in [0.4, 0.5) is 0 Å². The van der Waals surface area contributed by atoms with Crippen LogP contribution in [-0.4, -0.2) is 23.3 Å². The number of rotatable bonds is 2. The molecule has 0 spiro atoms. The minimum atomic E-state index is -0.859. The Labute approximate surface area is 132 Å². The molecule has 1 saturated heterocycles. The summed E-state index contributed by atoms with van der Waals surface area (Å²) in [5.74, 6) is -1.49. The topological polar surface area (TPSA) is 82.1 Å². The molecular formula is C17H14O6. The van der Waals surface area contributed by atoms with E-state index in [-0.39, 0.29) is 5.57 Å². The lowest BCUT2D eigenvalue weighted by Crippen LogP contribution is -2.14. The first-order valence-electron chi connectivity index (χ1n) is 7.29. The van der Waals surface area contributed by atoms with Crippen molar-refractivity contribution < 1.29 is 28.9 Å². The Hall–Kier alpha value is -2.60. The molecule has 0 aromatic heterocycles. The summed E-state index contributed by atoms with van der Waals surface area (Å²) in [7, 11) is 0. The van der Waals surface area contributed by atoms with Gasteiger partial charge in [-0.25, -0.2) is 9.59 Å². The zero-order valence-electron chi connectivity index (χ0n) is 12.3. The van der Waals surface area contributed by atoms with Crippen LogP contribution in [-0.2, 0) is 23.8 Å². The van der Waals surface area contributed by atoms with Gasteiger partial charge in [0.15, 0.2) is 0 Å². The molecule has 1 aromatic carbocycles. The largest absolute Gasteiger partial charge is 0.458 e. The average molecular weight is 314 g/mol. The highest BCUT2D eigenvalue weighted by molar-refractivity contribution is 5.92. The Balaban J connectivity index is 1.60. The quantitative estimate of drug-likeness (QED) is 0.508. The highest BCUT2D eigenvalue weighted by Gasteiger charge is 2.51. The fourth-order valence-electron chi connectivity index (χ4n) is 3.22. The van der Waals surface area contributed by atoms with E-state index in [0.29, 0.717) is 5.57 Å². The van der Waals surface area contributed by atoms with Crippen LogP contribution >= 0.6 is 0 Å². The molecule has 0 saturated carbocycles. The molecule has 1 N–H and O–H groups in total. The van der Waals surface area contributed by atoms with Crippen LogP contribution in [0.25, 0.3) is 0 Å². The number of hydrogen-bond donors (Lipinski definition) is 1. The van der Waals surface area contributed by atoms with Crippen molar-refractivity contribution in [2.45, 2.75) is 25.4 Å². The molecule has 1 aromatic rings. The van der Waals surface area contributed by atoms with Gasteiger partial charge in [-0.05, 0) is 18.1 Å². The zero-order chi connectivity index (χ0) is 16.1. The molecule has 0 radical (unpaired) electrons. The number of ether oxygens (including phenoxy) is 3. The zero-order valence-corrected chi connectivity index (χ0v) is 12.3. The van der Waals surface area contributed by atoms with E-state index in [2.05, 4.69) is 0 Å². The minimum absolute atomic E-state index is 0.243. The molecule has 4 rings (SSSR count). The van der Waals surface area contributed by atoms with E-state index in [1.807, 2.05) is 24.3 Å². The third kappa shape index (κ3) is 2.06. The lowest BCUT2D eigenvalue weighted by molar-refractivity contribution is -0.152. The molecule has 118 valence electrons. The van der Waals surface area contributed by atoms with Crippen LogP contribution in [0.3, 0.4) is 0 Å². The summed E-state index contributed by atoms with van der Waals surface area (Å²) < 4.78 is 15.7. The molecule has 4 atom stereocenters. The number of hydrogen-bond acceptors (Lipinski definition) is 6. The molecule has 1 unspecified atom stereocenters. The lowest BCUT2D eigenvalue weighted by Gasteiger charge is -2.13. The standard InChI is InChI=1S/C17H14O6/c1-8-6-12(22-16(8)19)21-7-11-13-14(18)9-4-2-3-5-10(9)15(13)23-17(11)20/h2-7,12-15,18H,1H3/b11-7-/t12?,13-,14+,15+/m1/s1. The summed E-state index contributed by atoms with van der Waals surface area (Å²) >= 11 is 0. The Kier molecular flexibility index (Phi) is 3.02. The predicted molar refractivity (Wildman–Crippen MR) is 76.5 cm³/mol. The normalized spacial score (nSPS) is 33.1. The highest BCUT2D eigenvalue weighted by atomic mass is 16.7. The Morgan fingerprint density at radius 1 is 1.13 bits per heavy atom. The maximum Gasteiger partial charge on any atom is 0.338 e. The summed E-state index contributed by atoms with van der Waals surface area (Å²) in [6, 6.07) is 7.32. The Morgan fingerprint density at radius 2 is 1.87 bits per heavy atom. The summed E-state index contributed by atoms with van der Waals surface area (Å²) in [6.07, 6.45) is 0.558. The van der Waals surface area contributed by atoms with Crippen molar-refractivity contribution in [2.24, 2.45) is 5.92 Å². The number of benzene rings is 1. The van der Waals surface area contributed by atoms with Gasteiger partial charge in [-0.3, -0.25) is 0 Å². The van der Waals surface area contributed by atoms with Gasteiger partial charge >= 0.3 is 11.9 Å². The van der Waals surface area contributed by atoms with Gasteiger partial charge in [0.1, 0.15) is 6.10 Å². The molecule has 1 fully saturated rings. The minimum Gasteiger partial charge on any atom is -0.458 e. The number of aliphatic hydroxyl groups excluding tert-OH is 1. The summed E-state index contributed by atoms with van der Waals surface area (Å²) in [6.45, 7) is 1.62. The lowest BCUT2D eigenvalue weighted by atomic mass is 9.95. The smallest absolute Gasteiger partial charge is 0.338 e. The molecule has 0 amide bonds. The summed E-state index contributed by atoms with van der Waals surface area (Å²) in [5, 5.41) is 10.5. The first-order valence-corrected chi connectivity index (χ1v) is 7.29. The molecule has 1 aliphatic carbocycles. The van der Waals surface area contributed by atoms with Gasteiger partial charge in [0.05, 0.1) is 23.9 Å². The Morgan fingerprint density at radius 3 is 2.57 bits per heavy atom. The highest BCUT2D eigenvalue weighted by Crippen LogP contribution is 2.53. The molecule has 6 heteroatoms. The number of carbonyl (C=O) groups excluding carboxylic acids is 2. The van der Waals surface area contributed by atoms with Crippen molar-refractivity contribution in [3.63, 3.8) is 0 Å². The van der Waals surface area contributed by atoms with E-state index in [1.54, 1.807) is 6.92 Å². The predicted octanol–water partition coefficient (Wildman–Crippen LogP) is 1.68. The van der Waals surface area contributed by atoms with Crippen molar-refractivity contribution in [2.75, 3.05) is 0 Å². The maximum atomic E-state index is 12.1. The molecule has 2 heterocycles. The molecular weight excluding hydrogens is 300 g/mol. The second kappa shape index (κ2) is 4.96. The number of esters is 2. The Bertz CT molecular complexity index is 762. The number of cyclic esters (lactones) is 1. The molecule has 2 aliphatic heterocycles. The third-order valence-electron chi connectivity index (χ3n) is 4.38. The van der Waals surface area contributed by atoms with Crippen molar-refractivity contribution in [3.8, 4) is 0 Å². The van der Waals surface area contributed by atoms with Crippen LogP contribution in [0.2, 0.25) is 0 Å². The van der Waals surface area contributed by atoms with Gasteiger partial charge in [-0.2, -0.15) is 0 Å². The van der Waals surface area contributed by atoms with Crippen molar-refractivity contribution in [1.82, 2.24) is 0 Å². The monoisotopic (exact) mass is 314 g/mol. The molecule has 0 bridgehead atoms. The van der Waals surface area contributed by atoms with Crippen molar-refractivity contribution in [3.05, 3.63) is 58.9 Å². The number of aliphatic hydroxyl groups is 1. The van der Waals surface area contributed by atoms with Gasteiger partial charge in [0.25, 0.3) is 6.29 Å². The fourth-order valence-corrected chi connectivity index (χ4v) is 3.22.